The number of amides is 2. The number of anilines is 1. The van der Waals surface area contributed by atoms with Crippen LogP contribution in [0.25, 0.3) is 0 Å². The first-order chi connectivity index (χ1) is 11.6. The Morgan fingerprint density at radius 3 is 2.96 bits per heavy atom. The highest BCUT2D eigenvalue weighted by atomic mass is 16.5. The lowest BCUT2D eigenvalue weighted by molar-refractivity contribution is -0.127. The van der Waals surface area contributed by atoms with Gasteiger partial charge in [0.05, 0.1) is 24.4 Å². The number of methoxy groups -OCH3 is 1. The van der Waals surface area contributed by atoms with E-state index in [-0.39, 0.29) is 29.6 Å². The molecule has 0 aromatic carbocycles. The summed E-state index contributed by atoms with van der Waals surface area (Å²) in [5.74, 6) is -0.401. The third-order valence-corrected chi connectivity index (χ3v) is 5.04. The smallest absolute Gasteiger partial charge is 0.227 e. The summed E-state index contributed by atoms with van der Waals surface area (Å²) >= 11 is 0. The van der Waals surface area contributed by atoms with Crippen LogP contribution in [0, 0.1) is 11.3 Å². The summed E-state index contributed by atoms with van der Waals surface area (Å²) in [6, 6.07) is 0. The average molecular weight is 335 g/mol. The highest BCUT2D eigenvalue weighted by Crippen LogP contribution is 2.29. The minimum atomic E-state index is -0.311. The molecule has 0 radical (unpaired) electrons. The molecule has 1 unspecified atom stereocenters. The number of piperidine rings is 1. The Balaban J connectivity index is 1.56. The lowest BCUT2D eigenvalue weighted by Gasteiger charge is -2.37. The summed E-state index contributed by atoms with van der Waals surface area (Å²) in [5, 5.41) is 12.9. The molecule has 0 saturated carbocycles. The Kier molecular flexibility index (Phi) is 5.15. The normalized spacial score (nSPS) is 23.5. The second kappa shape index (κ2) is 7.31. The standard InChI is InChI=1S/C16H25N5O3/c1-24-11-16(2-4-17-5-3-16)10-18-15(23)12-6-14(22)21(9-12)13-7-19-20-8-13/h7-8,12,17H,2-6,9-11H2,1H3,(H,18,23)(H,19,20). The van der Waals surface area contributed by atoms with Gasteiger partial charge in [0.15, 0.2) is 0 Å². The predicted octanol–water partition coefficient (Wildman–Crippen LogP) is -0.105. The van der Waals surface area contributed by atoms with Gasteiger partial charge >= 0.3 is 0 Å². The van der Waals surface area contributed by atoms with E-state index in [2.05, 4.69) is 20.8 Å². The van der Waals surface area contributed by atoms with E-state index in [0.29, 0.717) is 25.4 Å². The molecule has 0 spiro atoms. The summed E-state index contributed by atoms with van der Waals surface area (Å²) < 4.78 is 5.37. The summed E-state index contributed by atoms with van der Waals surface area (Å²) in [7, 11) is 1.70. The topological polar surface area (TPSA) is 99.3 Å². The molecular formula is C16H25N5O3. The van der Waals surface area contributed by atoms with E-state index in [9.17, 15) is 9.59 Å². The van der Waals surface area contributed by atoms with Crippen LogP contribution in [0.15, 0.2) is 12.4 Å². The zero-order valence-electron chi connectivity index (χ0n) is 14.0. The van der Waals surface area contributed by atoms with Crippen LogP contribution in [0.4, 0.5) is 5.69 Å². The van der Waals surface area contributed by atoms with Crippen LogP contribution in [0.5, 0.6) is 0 Å². The molecule has 132 valence electrons. The highest BCUT2D eigenvalue weighted by molar-refractivity contribution is 6.00. The number of rotatable bonds is 6. The van der Waals surface area contributed by atoms with E-state index in [0.717, 1.165) is 25.9 Å². The number of aromatic amines is 1. The molecule has 0 aliphatic carbocycles. The Labute approximate surface area is 141 Å². The molecule has 0 bridgehead atoms. The van der Waals surface area contributed by atoms with Gasteiger partial charge in [-0.25, -0.2) is 0 Å². The number of hydrogen-bond acceptors (Lipinski definition) is 5. The molecule has 2 aliphatic rings. The Hall–Kier alpha value is -1.93. The molecule has 2 amide bonds. The average Bonchev–Trinajstić information content (AvgIpc) is 3.23. The van der Waals surface area contributed by atoms with Gasteiger partial charge in [-0.2, -0.15) is 5.10 Å². The van der Waals surface area contributed by atoms with E-state index in [1.54, 1.807) is 24.4 Å². The molecule has 3 heterocycles. The predicted molar refractivity (Wildman–Crippen MR) is 88.5 cm³/mol. The fourth-order valence-corrected chi connectivity index (χ4v) is 3.58. The van der Waals surface area contributed by atoms with Crippen molar-refractivity contribution >= 4 is 17.5 Å². The van der Waals surface area contributed by atoms with E-state index in [1.807, 2.05) is 0 Å². The van der Waals surface area contributed by atoms with Crippen molar-refractivity contribution in [3.63, 3.8) is 0 Å². The van der Waals surface area contributed by atoms with Gasteiger partial charge in [0.25, 0.3) is 0 Å². The second-order valence-corrected chi connectivity index (χ2v) is 6.76. The van der Waals surface area contributed by atoms with Gasteiger partial charge in [-0.3, -0.25) is 14.7 Å². The molecule has 3 N–H and O–H groups in total. The van der Waals surface area contributed by atoms with Crippen LogP contribution in [-0.4, -0.2) is 61.9 Å². The minimum Gasteiger partial charge on any atom is -0.384 e. The molecule has 8 heteroatoms. The van der Waals surface area contributed by atoms with Crippen molar-refractivity contribution in [1.29, 1.82) is 0 Å². The number of H-pyrrole nitrogens is 1. The van der Waals surface area contributed by atoms with Crippen LogP contribution in [0.3, 0.4) is 0 Å². The molecule has 1 aromatic heterocycles. The van der Waals surface area contributed by atoms with E-state index < -0.39 is 0 Å². The number of nitrogens with one attached hydrogen (secondary N) is 3. The summed E-state index contributed by atoms with van der Waals surface area (Å²) in [4.78, 5) is 26.3. The first kappa shape index (κ1) is 16.9. The maximum atomic E-state index is 12.5. The summed E-state index contributed by atoms with van der Waals surface area (Å²) in [6.07, 6.45) is 5.47. The lowest BCUT2D eigenvalue weighted by Crippen LogP contribution is -2.48. The van der Waals surface area contributed by atoms with Crippen LogP contribution in [-0.2, 0) is 14.3 Å². The molecule has 2 saturated heterocycles. The fraction of sp³-hybridized carbons (Fsp3) is 0.688. The molecule has 8 nitrogen and oxygen atoms in total. The van der Waals surface area contributed by atoms with Crippen LogP contribution >= 0.6 is 0 Å². The zero-order chi connectivity index (χ0) is 17.0. The maximum absolute atomic E-state index is 12.5. The second-order valence-electron chi connectivity index (χ2n) is 6.76. The third kappa shape index (κ3) is 3.59. The molecule has 2 aliphatic heterocycles. The van der Waals surface area contributed by atoms with Gasteiger partial charge < -0.3 is 20.3 Å². The van der Waals surface area contributed by atoms with Gasteiger partial charge in [-0.05, 0) is 25.9 Å². The van der Waals surface area contributed by atoms with E-state index >= 15 is 0 Å². The van der Waals surface area contributed by atoms with E-state index in [4.69, 9.17) is 4.74 Å². The summed E-state index contributed by atoms with van der Waals surface area (Å²) in [5.41, 5.74) is 0.701. The van der Waals surface area contributed by atoms with Gasteiger partial charge in [0.2, 0.25) is 11.8 Å². The van der Waals surface area contributed by atoms with Crippen molar-refractivity contribution in [3.05, 3.63) is 12.4 Å². The summed E-state index contributed by atoms with van der Waals surface area (Å²) in [6.45, 7) is 3.52. The molecule has 3 rings (SSSR count). The number of nitrogens with zero attached hydrogens (tertiary/aromatic N) is 2. The number of aromatic nitrogens is 2. The van der Waals surface area contributed by atoms with Crippen LogP contribution in [0.1, 0.15) is 19.3 Å². The zero-order valence-corrected chi connectivity index (χ0v) is 14.0. The van der Waals surface area contributed by atoms with Crippen molar-refractivity contribution in [2.45, 2.75) is 19.3 Å². The Morgan fingerprint density at radius 2 is 2.29 bits per heavy atom. The number of hydrogen-bond donors (Lipinski definition) is 3. The number of carbonyl (C=O) groups is 2. The maximum Gasteiger partial charge on any atom is 0.227 e. The van der Waals surface area contributed by atoms with Crippen molar-refractivity contribution in [3.8, 4) is 0 Å². The van der Waals surface area contributed by atoms with Gasteiger partial charge in [-0.1, -0.05) is 0 Å². The lowest BCUT2D eigenvalue weighted by atomic mass is 9.79. The van der Waals surface area contributed by atoms with Crippen LogP contribution < -0.4 is 15.5 Å². The Morgan fingerprint density at radius 1 is 1.50 bits per heavy atom. The molecular weight excluding hydrogens is 310 g/mol. The third-order valence-electron chi connectivity index (χ3n) is 5.04. The number of ether oxygens (including phenoxy) is 1. The quantitative estimate of drug-likeness (QED) is 0.674. The van der Waals surface area contributed by atoms with Gasteiger partial charge in [0, 0.05) is 38.2 Å². The Bertz CT molecular complexity index is 563. The van der Waals surface area contributed by atoms with Crippen molar-refractivity contribution in [2.75, 3.05) is 44.8 Å². The fourth-order valence-electron chi connectivity index (χ4n) is 3.58. The monoisotopic (exact) mass is 335 g/mol. The first-order valence-electron chi connectivity index (χ1n) is 8.40. The molecule has 24 heavy (non-hydrogen) atoms. The van der Waals surface area contributed by atoms with E-state index in [1.165, 1.54) is 0 Å². The minimum absolute atomic E-state index is 0.0114. The van der Waals surface area contributed by atoms with Crippen molar-refractivity contribution in [2.24, 2.45) is 11.3 Å². The molecule has 2 fully saturated rings. The SMILES string of the molecule is COCC1(CNC(=O)C2CC(=O)N(c3cn[nH]c3)C2)CCNCC1. The highest BCUT2D eigenvalue weighted by Gasteiger charge is 2.37. The molecule has 1 atom stereocenters. The van der Waals surface area contributed by atoms with Crippen LogP contribution in [0.2, 0.25) is 0 Å². The van der Waals surface area contributed by atoms with Crippen molar-refractivity contribution in [1.82, 2.24) is 20.8 Å². The first-order valence-corrected chi connectivity index (χ1v) is 8.40. The van der Waals surface area contributed by atoms with Gasteiger partial charge in [-0.15, -0.1) is 0 Å². The molecule has 1 aromatic rings. The van der Waals surface area contributed by atoms with Gasteiger partial charge in [0.1, 0.15) is 0 Å². The largest absolute Gasteiger partial charge is 0.384 e. The number of carbonyl (C=O) groups excluding carboxylic acids is 2. The van der Waals surface area contributed by atoms with Crippen molar-refractivity contribution < 1.29 is 14.3 Å².